The molecule has 116 valence electrons. The van der Waals surface area contributed by atoms with Gasteiger partial charge in [-0.25, -0.2) is 0 Å². The van der Waals surface area contributed by atoms with Crippen LogP contribution >= 0.6 is 15.9 Å². The van der Waals surface area contributed by atoms with Gasteiger partial charge in [-0.15, -0.1) is 0 Å². The molecule has 0 radical (unpaired) electrons. The third kappa shape index (κ3) is 3.36. The number of hydrogen-bond acceptors (Lipinski definition) is 2. The summed E-state index contributed by atoms with van der Waals surface area (Å²) < 4.78 is 0.992. The first kappa shape index (κ1) is 15.9. The number of rotatable bonds is 4. The summed E-state index contributed by atoms with van der Waals surface area (Å²) in [6, 6.07) is 23.6. The zero-order valence-corrected chi connectivity index (χ0v) is 14.4. The molecule has 1 heterocycles. The van der Waals surface area contributed by atoms with E-state index in [-0.39, 0.29) is 5.92 Å². The maximum Gasteiger partial charge on any atom is 0.0992 e. The molecule has 0 aliphatic rings. The summed E-state index contributed by atoms with van der Waals surface area (Å²) >= 11 is 3.45. The lowest BCUT2D eigenvalue weighted by Crippen LogP contribution is -2.31. The summed E-state index contributed by atoms with van der Waals surface area (Å²) in [6.07, 6.45) is 1.77. The van der Waals surface area contributed by atoms with Crippen LogP contribution in [-0.2, 0) is 5.60 Å². The first-order valence-electron chi connectivity index (χ1n) is 7.53. The normalized spacial score (nSPS) is 14.9. The van der Waals surface area contributed by atoms with Gasteiger partial charge in [0.2, 0.25) is 0 Å². The predicted octanol–water partition coefficient (Wildman–Crippen LogP) is 4.88. The highest BCUT2D eigenvalue weighted by atomic mass is 79.9. The smallest absolute Gasteiger partial charge is 0.0992 e. The predicted molar refractivity (Wildman–Crippen MR) is 96.2 cm³/mol. The van der Waals surface area contributed by atoms with Crippen molar-refractivity contribution in [2.75, 3.05) is 0 Å². The summed E-state index contributed by atoms with van der Waals surface area (Å²) in [5.74, 6) is -0.244. The van der Waals surface area contributed by atoms with Gasteiger partial charge in [0.05, 0.1) is 17.2 Å². The average molecular weight is 368 g/mol. The third-order valence-corrected chi connectivity index (χ3v) is 4.64. The standard InChI is InChI=1S/C20H18BrNO/c1-20(23,16-10-12-17(21)13-11-16)19(15-7-3-2-4-8-15)18-9-5-6-14-22-18/h2-14,19,23H,1H3/t19-,20+/m1/s1. The molecule has 0 saturated heterocycles. The summed E-state index contributed by atoms with van der Waals surface area (Å²) in [4.78, 5) is 4.50. The highest BCUT2D eigenvalue weighted by Gasteiger charge is 2.36. The van der Waals surface area contributed by atoms with Crippen LogP contribution in [0.4, 0.5) is 0 Å². The highest BCUT2D eigenvalue weighted by Crippen LogP contribution is 2.40. The Kier molecular flexibility index (Phi) is 4.60. The Bertz CT molecular complexity index is 715. The molecule has 3 aromatic rings. The number of pyridine rings is 1. The molecule has 1 aromatic heterocycles. The molecule has 0 unspecified atom stereocenters. The van der Waals surface area contributed by atoms with Crippen molar-refractivity contribution in [3.05, 3.63) is 100 Å². The summed E-state index contributed by atoms with van der Waals surface area (Å²) in [7, 11) is 0. The molecule has 3 rings (SSSR count). The van der Waals surface area contributed by atoms with Crippen molar-refractivity contribution in [3.63, 3.8) is 0 Å². The van der Waals surface area contributed by atoms with E-state index in [2.05, 4.69) is 20.9 Å². The van der Waals surface area contributed by atoms with E-state index in [1.165, 1.54) is 0 Å². The second-order valence-electron chi connectivity index (χ2n) is 5.75. The van der Waals surface area contributed by atoms with Crippen LogP contribution in [0, 0.1) is 0 Å². The van der Waals surface area contributed by atoms with Crippen LogP contribution in [0.3, 0.4) is 0 Å². The van der Waals surface area contributed by atoms with Gasteiger partial charge in [0.25, 0.3) is 0 Å². The molecular weight excluding hydrogens is 350 g/mol. The van der Waals surface area contributed by atoms with Crippen molar-refractivity contribution in [2.24, 2.45) is 0 Å². The fourth-order valence-corrected chi connectivity index (χ4v) is 3.19. The zero-order valence-electron chi connectivity index (χ0n) is 12.9. The highest BCUT2D eigenvalue weighted by molar-refractivity contribution is 9.10. The van der Waals surface area contributed by atoms with E-state index in [1.54, 1.807) is 6.20 Å². The minimum Gasteiger partial charge on any atom is -0.384 e. The van der Waals surface area contributed by atoms with Gasteiger partial charge in [-0.3, -0.25) is 4.98 Å². The molecule has 23 heavy (non-hydrogen) atoms. The van der Waals surface area contributed by atoms with Crippen LogP contribution in [0.5, 0.6) is 0 Å². The fourth-order valence-electron chi connectivity index (χ4n) is 2.93. The Morgan fingerprint density at radius 2 is 1.57 bits per heavy atom. The van der Waals surface area contributed by atoms with Gasteiger partial charge in [-0.05, 0) is 42.3 Å². The van der Waals surface area contributed by atoms with Crippen LogP contribution in [0.25, 0.3) is 0 Å². The van der Waals surface area contributed by atoms with Crippen LogP contribution in [0.2, 0.25) is 0 Å². The van der Waals surface area contributed by atoms with Crippen LogP contribution < -0.4 is 0 Å². The number of hydrogen-bond donors (Lipinski definition) is 1. The van der Waals surface area contributed by atoms with E-state index >= 15 is 0 Å². The molecule has 0 saturated carbocycles. The number of nitrogens with zero attached hydrogens (tertiary/aromatic N) is 1. The van der Waals surface area contributed by atoms with Gasteiger partial charge in [0.1, 0.15) is 0 Å². The first-order valence-corrected chi connectivity index (χ1v) is 8.32. The van der Waals surface area contributed by atoms with Gasteiger partial charge in [-0.2, -0.15) is 0 Å². The molecule has 3 heteroatoms. The van der Waals surface area contributed by atoms with E-state index in [0.29, 0.717) is 0 Å². The van der Waals surface area contributed by atoms with Crippen molar-refractivity contribution < 1.29 is 5.11 Å². The quantitative estimate of drug-likeness (QED) is 0.712. The molecule has 0 aliphatic heterocycles. The monoisotopic (exact) mass is 367 g/mol. The van der Waals surface area contributed by atoms with E-state index in [9.17, 15) is 5.11 Å². The molecule has 2 nitrogen and oxygen atoms in total. The summed E-state index contributed by atoms with van der Waals surface area (Å²) in [6.45, 7) is 1.85. The zero-order chi connectivity index (χ0) is 16.3. The number of aliphatic hydroxyl groups is 1. The molecule has 2 atom stereocenters. The van der Waals surface area contributed by atoms with Gasteiger partial charge in [-0.1, -0.05) is 64.5 Å². The second-order valence-corrected chi connectivity index (χ2v) is 6.67. The van der Waals surface area contributed by atoms with Gasteiger partial charge < -0.3 is 5.11 Å². The number of halogens is 1. The van der Waals surface area contributed by atoms with E-state index < -0.39 is 5.60 Å². The van der Waals surface area contributed by atoms with Crippen molar-refractivity contribution in [1.82, 2.24) is 4.98 Å². The van der Waals surface area contributed by atoms with E-state index in [0.717, 1.165) is 21.3 Å². The number of aromatic nitrogens is 1. The van der Waals surface area contributed by atoms with E-state index in [4.69, 9.17) is 0 Å². The Labute approximate surface area is 145 Å². The van der Waals surface area contributed by atoms with Crippen molar-refractivity contribution in [3.8, 4) is 0 Å². The Morgan fingerprint density at radius 3 is 2.17 bits per heavy atom. The molecule has 0 bridgehead atoms. The molecule has 0 amide bonds. The van der Waals surface area contributed by atoms with Crippen molar-refractivity contribution >= 4 is 15.9 Å². The fraction of sp³-hybridized carbons (Fsp3) is 0.150. The van der Waals surface area contributed by atoms with Gasteiger partial charge >= 0.3 is 0 Å². The summed E-state index contributed by atoms with van der Waals surface area (Å²) in [5.41, 5.74) is 1.68. The van der Waals surface area contributed by atoms with E-state index in [1.807, 2.05) is 79.7 Å². The Balaban J connectivity index is 2.13. The maximum absolute atomic E-state index is 11.4. The minimum atomic E-state index is -1.07. The molecule has 1 N–H and O–H groups in total. The lowest BCUT2D eigenvalue weighted by atomic mass is 9.76. The Morgan fingerprint density at radius 1 is 0.913 bits per heavy atom. The average Bonchev–Trinajstić information content (AvgIpc) is 2.57. The molecule has 2 aromatic carbocycles. The molecule has 0 aliphatic carbocycles. The molecule has 0 fully saturated rings. The third-order valence-electron chi connectivity index (χ3n) is 4.11. The molecule has 0 spiro atoms. The lowest BCUT2D eigenvalue weighted by Gasteiger charge is -2.33. The van der Waals surface area contributed by atoms with Crippen LogP contribution in [-0.4, -0.2) is 10.1 Å². The van der Waals surface area contributed by atoms with Crippen molar-refractivity contribution in [1.29, 1.82) is 0 Å². The first-order chi connectivity index (χ1) is 11.1. The topological polar surface area (TPSA) is 33.1 Å². The Hall–Kier alpha value is -1.97. The summed E-state index contributed by atoms with van der Waals surface area (Å²) in [5, 5.41) is 11.4. The molecular formula is C20H18BrNO. The van der Waals surface area contributed by atoms with Gasteiger partial charge in [0.15, 0.2) is 0 Å². The van der Waals surface area contributed by atoms with Crippen LogP contribution in [0.1, 0.15) is 29.7 Å². The second kappa shape index (κ2) is 6.65. The number of benzene rings is 2. The largest absolute Gasteiger partial charge is 0.384 e. The van der Waals surface area contributed by atoms with Crippen LogP contribution in [0.15, 0.2) is 83.5 Å². The van der Waals surface area contributed by atoms with Gasteiger partial charge in [0, 0.05) is 10.7 Å². The maximum atomic E-state index is 11.4. The minimum absolute atomic E-state index is 0.244. The SMILES string of the molecule is C[C@](O)(c1ccc(Br)cc1)[C@H](c1ccccc1)c1ccccn1. The van der Waals surface area contributed by atoms with Crippen molar-refractivity contribution in [2.45, 2.75) is 18.4 Å². The lowest BCUT2D eigenvalue weighted by molar-refractivity contribution is 0.0380.